The number of hydrogen-bond donors (Lipinski definition) is 2. The summed E-state index contributed by atoms with van der Waals surface area (Å²) < 4.78 is 19.1. The van der Waals surface area contributed by atoms with E-state index >= 15 is 0 Å². The molecule has 0 fully saturated rings. The van der Waals surface area contributed by atoms with Crippen LogP contribution < -0.4 is 10.1 Å². The number of hydrogen-bond acceptors (Lipinski definition) is 3. The summed E-state index contributed by atoms with van der Waals surface area (Å²) in [4.78, 5) is 0. The molecule has 1 aromatic carbocycles. The van der Waals surface area contributed by atoms with Crippen molar-refractivity contribution in [3.05, 3.63) is 29.6 Å². The van der Waals surface area contributed by atoms with Crippen LogP contribution in [-0.4, -0.2) is 29.9 Å². The van der Waals surface area contributed by atoms with Crippen molar-refractivity contribution in [3.8, 4) is 5.75 Å². The lowest BCUT2D eigenvalue weighted by Gasteiger charge is -2.31. The summed E-state index contributed by atoms with van der Waals surface area (Å²) in [6.07, 6.45) is 0.533. The Morgan fingerprint density at radius 3 is 2.68 bits per heavy atom. The van der Waals surface area contributed by atoms with Gasteiger partial charge in [-0.15, -0.1) is 0 Å². The van der Waals surface area contributed by atoms with Gasteiger partial charge in [0.25, 0.3) is 0 Å². The van der Waals surface area contributed by atoms with E-state index in [-0.39, 0.29) is 24.1 Å². The lowest BCUT2D eigenvalue weighted by molar-refractivity contribution is 0.111. The molecule has 0 bridgehead atoms. The van der Waals surface area contributed by atoms with Gasteiger partial charge >= 0.3 is 0 Å². The second-order valence-electron chi connectivity index (χ2n) is 5.29. The van der Waals surface area contributed by atoms with Crippen LogP contribution >= 0.6 is 0 Å². The summed E-state index contributed by atoms with van der Waals surface area (Å²) in [6, 6.07) is 4.86. The molecule has 2 N–H and O–H groups in total. The van der Waals surface area contributed by atoms with Crippen molar-refractivity contribution in [2.75, 3.05) is 13.2 Å². The average Bonchev–Trinajstić information content (AvgIpc) is 2.34. The van der Waals surface area contributed by atoms with Crippen molar-refractivity contribution in [2.24, 2.45) is 0 Å². The molecule has 1 aromatic rings. The lowest BCUT2D eigenvalue weighted by atomic mass is 9.95. The Labute approximate surface area is 114 Å². The first kappa shape index (κ1) is 15.9. The minimum Gasteiger partial charge on any atom is -0.491 e. The van der Waals surface area contributed by atoms with Crippen molar-refractivity contribution in [1.82, 2.24) is 5.32 Å². The second kappa shape index (κ2) is 6.87. The molecule has 108 valence electrons. The Kier molecular flexibility index (Phi) is 5.76. The predicted octanol–water partition coefficient (Wildman–Crippen LogP) is 2.65. The number of rotatable bonds is 7. The van der Waals surface area contributed by atoms with Gasteiger partial charge in [0.05, 0.1) is 12.7 Å². The smallest absolute Gasteiger partial charge is 0.129 e. The Balaban J connectivity index is 2.63. The SMILES string of the molecule is CCNC(C)(CO)CC(C)Oc1ccc(C)c(F)c1. The van der Waals surface area contributed by atoms with Crippen LogP contribution in [0, 0.1) is 12.7 Å². The van der Waals surface area contributed by atoms with Gasteiger partial charge in [-0.2, -0.15) is 0 Å². The minimum atomic E-state index is -0.378. The molecule has 19 heavy (non-hydrogen) atoms. The van der Waals surface area contributed by atoms with Crippen LogP contribution in [0.4, 0.5) is 4.39 Å². The Morgan fingerprint density at radius 1 is 1.47 bits per heavy atom. The van der Waals surface area contributed by atoms with E-state index in [1.54, 1.807) is 19.1 Å². The molecule has 0 aromatic heterocycles. The van der Waals surface area contributed by atoms with E-state index in [1.807, 2.05) is 20.8 Å². The largest absolute Gasteiger partial charge is 0.491 e. The zero-order valence-corrected chi connectivity index (χ0v) is 12.2. The summed E-state index contributed by atoms with van der Waals surface area (Å²) in [7, 11) is 0. The van der Waals surface area contributed by atoms with Gasteiger partial charge in [0.15, 0.2) is 0 Å². The topological polar surface area (TPSA) is 41.5 Å². The maximum absolute atomic E-state index is 13.4. The van der Waals surface area contributed by atoms with E-state index in [0.717, 1.165) is 6.54 Å². The van der Waals surface area contributed by atoms with Gasteiger partial charge < -0.3 is 15.2 Å². The number of benzene rings is 1. The first-order valence-electron chi connectivity index (χ1n) is 6.69. The molecule has 0 aliphatic heterocycles. The average molecular weight is 269 g/mol. The van der Waals surface area contributed by atoms with Crippen molar-refractivity contribution < 1.29 is 14.2 Å². The van der Waals surface area contributed by atoms with E-state index in [1.165, 1.54) is 6.07 Å². The van der Waals surface area contributed by atoms with Gasteiger partial charge in [-0.3, -0.25) is 0 Å². The van der Waals surface area contributed by atoms with Crippen LogP contribution in [0.15, 0.2) is 18.2 Å². The van der Waals surface area contributed by atoms with Gasteiger partial charge in [-0.1, -0.05) is 13.0 Å². The van der Waals surface area contributed by atoms with E-state index in [2.05, 4.69) is 5.32 Å². The number of aliphatic hydroxyl groups is 1. The van der Waals surface area contributed by atoms with Gasteiger partial charge in [0.2, 0.25) is 0 Å². The highest BCUT2D eigenvalue weighted by Crippen LogP contribution is 2.20. The molecule has 2 unspecified atom stereocenters. The molecule has 0 aliphatic rings. The number of aliphatic hydroxyl groups excluding tert-OH is 1. The first-order chi connectivity index (χ1) is 8.90. The summed E-state index contributed by atoms with van der Waals surface area (Å²) >= 11 is 0. The second-order valence-corrected chi connectivity index (χ2v) is 5.29. The summed E-state index contributed by atoms with van der Waals surface area (Å²) in [5.74, 6) is 0.258. The monoisotopic (exact) mass is 269 g/mol. The molecule has 0 saturated heterocycles. The molecule has 4 heteroatoms. The predicted molar refractivity (Wildman–Crippen MR) is 75.0 cm³/mol. The third-order valence-electron chi connectivity index (χ3n) is 3.17. The van der Waals surface area contributed by atoms with E-state index in [0.29, 0.717) is 17.7 Å². The third kappa shape index (κ3) is 4.80. The molecule has 0 saturated carbocycles. The van der Waals surface area contributed by atoms with Gasteiger partial charge in [0.1, 0.15) is 11.6 Å². The maximum Gasteiger partial charge on any atom is 0.129 e. The molecule has 2 atom stereocenters. The van der Waals surface area contributed by atoms with Gasteiger partial charge in [-0.05, 0) is 38.9 Å². The summed E-state index contributed by atoms with van der Waals surface area (Å²) in [5.41, 5.74) is 0.227. The first-order valence-corrected chi connectivity index (χ1v) is 6.69. The van der Waals surface area contributed by atoms with Gasteiger partial charge in [-0.25, -0.2) is 4.39 Å². The Bertz CT molecular complexity index is 411. The summed E-state index contributed by atoms with van der Waals surface area (Å²) in [6.45, 7) is 8.40. The normalized spacial score (nSPS) is 15.9. The number of nitrogens with one attached hydrogen (secondary N) is 1. The zero-order valence-electron chi connectivity index (χ0n) is 12.2. The highest BCUT2D eigenvalue weighted by Gasteiger charge is 2.25. The van der Waals surface area contributed by atoms with Crippen molar-refractivity contribution >= 4 is 0 Å². The van der Waals surface area contributed by atoms with Crippen LogP contribution in [0.1, 0.15) is 32.8 Å². The standard InChI is InChI=1S/C15H24FNO2/c1-5-17-15(4,10-18)9-12(3)19-13-7-6-11(2)14(16)8-13/h6-8,12,17-18H,5,9-10H2,1-4H3. The fraction of sp³-hybridized carbons (Fsp3) is 0.600. The quantitative estimate of drug-likeness (QED) is 0.799. The van der Waals surface area contributed by atoms with Crippen LogP contribution in [0.5, 0.6) is 5.75 Å². The fourth-order valence-electron chi connectivity index (χ4n) is 2.17. The number of halogens is 1. The van der Waals surface area contributed by atoms with Crippen molar-refractivity contribution in [1.29, 1.82) is 0 Å². The van der Waals surface area contributed by atoms with Crippen LogP contribution in [0.25, 0.3) is 0 Å². The van der Waals surface area contributed by atoms with Crippen molar-refractivity contribution in [2.45, 2.75) is 45.8 Å². The van der Waals surface area contributed by atoms with E-state index in [9.17, 15) is 9.50 Å². The molecule has 1 rings (SSSR count). The summed E-state index contributed by atoms with van der Waals surface area (Å²) in [5, 5.41) is 12.7. The minimum absolute atomic E-state index is 0.0385. The van der Waals surface area contributed by atoms with Crippen LogP contribution in [0.2, 0.25) is 0 Å². The molecular formula is C15H24FNO2. The molecule has 0 spiro atoms. The highest BCUT2D eigenvalue weighted by atomic mass is 19.1. The molecule has 3 nitrogen and oxygen atoms in total. The van der Waals surface area contributed by atoms with Crippen LogP contribution in [-0.2, 0) is 0 Å². The molecule has 0 aliphatic carbocycles. The van der Waals surface area contributed by atoms with E-state index < -0.39 is 0 Å². The number of ether oxygens (including phenoxy) is 1. The zero-order chi connectivity index (χ0) is 14.5. The van der Waals surface area contributed by atoms with Crippen molar-refractivity contribution in [3.63, 3.8) is 0 Å². The Hall–Kier alpha value is -1.13. The number of aryl methyl sites for hydroxylation is 1. The lowest BCUT2D eigenvalue weighted by Crippen LogP contribution is -2.48. The maximum atomic E-state index is 13.4. The molecule has 0 radical (unpaired) electrons. The van der Waals surface area contributed by atoms with Gasteiger partial charge in [0, 0.05) is 18.0 Å². The molecule has 0 heterocycles. The Morgan fingerprint density at radius 2 is 2.16 bits per heavy atom. The van der Waals surface area contributed by atoms with E-state index in [4.69, 9.17) is 4.74 Å². The highest BCUT2D eigenvalue weighted by molar-refractivity contribution is 5.28. The molecule has 0 amide bonds. The van der Waals surface area contributed by atoms with Crippen LogP contribution in [0.3, 0.4) is 0 Å². The third-order valence-corrected chi connectivity index (χ3v) is 3.17. The number of likely N-dealkylation sites (N-methyl/N-ethyl adjacent to an activating group) is 1. The fourth-order valence-corrected chi connectivity index (χ4v) is 2.17. The molecular weight excluding hydrogens is 245 g/mol.